The molecule has 0 bridgehead atoms. The number of fused-ring (bicyclic) bond motifs is 1. The maximum atomic E-state index is 11.9. The number of rotatable bonds is 4. The van der Waals surface area contributed by atoms with Crippen LogP contribution in [0.1, 0.15) is 12.8 Å². The fourth-order valence-electron chi connectivity index (χ4n) is 3.01. The second kappa shape index (κ2) is 7.09. The molecule has 1 aromatic heterocycles. The number of hydrogen-bond donors (Lipinski definition) is 2. The minimum absolute atomic E-state index is 0.198. The molecule has 1 aliphatic carbocycles. The molecule has 0 saturated carbocycles. The van der Waals surface area contributed by atoms with Crippen LogP contribution in [0.4, 0.5) is 5.69 Å². The Morgan fingerprint density at radius 1 is 1.27 bits per heavy atom. The zero-order valence-corrected chi connectivity index (χ0v) is 14.5. The Morgan fingerprint density at radius 2 is 2.19 bits per heavy atom. The van der Waals surface area contributed by atoms with Crippen molar-refractivity contribution < 1.29 is 9.47 Å². The third-order valence-corrected chi connectivity index (χ3v) is 4.56. The first-order valence-electron chi connectivity index (χ1n) is 8.19. The Balaban J connectivity index is 1.71. The standard InChI is InChI=1S/C19H16ClN3O3/c20-18-15-10-13(6-7-14(15)19(24)23-22-18)21-17(12-4-2-1-3-5-12)16-11-25-8-9-26-16/h1-2,4,6-11,17,21H,3,5H2,(H,23,24). The fourth-order valence-corrected chi connectivity index (χ4v) is 3.21. The van der Waals surface area contributed by atoms with Crippen molar-refractivity contribution in [2.75, 3.05) is 5.32 Å². The van der Waals surface area contributed by atoms with Crippen molar-refractivity contribution in [3.8, 4) is 0 Å². The first-order chi connectivity index (χ1) is 12.7. The van der Waals surface area contributed by atoms with E-state index in [0.717, 1.165) is 18.5 Å². The lowest BCUT2D eigenvalue weighted by Gasteiger charge is -2.26. The molecule has 1 aromatic carbocycles. The summed E-state index contributed by atoms with van der Waals surface area (Å²) in [5.41, 5.74) is 1.70. The van der Waals surface area contributed by atoms with Gasteiger partial charge < -0.3 is 14.8 Å². The summed E-state index contributed by atoms with van der Waals surface area (Å²) in [6.07, 6.45) is 12.7. The number of anilines is 1. The minimum Gasteiger partial charge on any atom is -0.466 e. The maximum Gasteiger partial charge on any atom is 0.272 e. The van der Waals surface area contributed by atoms with E-state index in [-0.39, 0.29) is 16.8 Å². The van der Waals surface area contributed by atoms with Crippen LogP contribution in [0.3, 0.4) is 0 Å². The van der Waals surface area contributed by atoms with Crippen molar-refractivity contribution >= 4 is 28.1 Å². The van der Waals surface area contributed by atoms with Gasteiger partial charge in [0.05, 0.1) is 5.39 Å². The molecule has 6 nitrogen and oxygen atoms in total. The molecule has 0 saturated heterocycles. The summed E-state index contributed by atoms with van der Waals surface area (Å²) in [6.45, 7) is 0. The number of halogens is 1. The summed E-state index contributed by atoms with van der Waals surface area (Å²) in [4.78, 5) is 11.9. The summed E-state index contributed by atoms with van der Waals surface area (Å²) in [7, 11) is 0. The van der Waals surface area contributed by atoms with Gasteiger partial charge in [0.1, 0.15) is 24.8 Å². The lowest BCUT2D eigenvalue weighted by Crippen LogP contribution is -2.27. The van der Waals surface area contributed by atoms with Crippen molar-refractivity contribution in [3.05, 3.63) is 82.1 Å². The zero-order valence-electron chi connectivity index (χ0n) is 13.7. The van der Waals surface area contributed by atoms with E-state index in [0.29, 0.717) is 16.5 Å². The zero-order chi connectivity index (χ0) is 17.9. The van der Waals surface area contributed by atoms with E-state index in [1.165, 1.54) is 18.1 Å². The molecule has 2 N–H and O–H groups in total. The number of ether oxygens (including phenoxy) is 2. The normalized spacial score (nSPS) is 17.1. The Labute approximate surface area is 154 Å². The summed E-state index contributed by atoms with van der Waals surface area (Å²) >= 11 is 6.14. The van der Waals surface area contributed by atoms with Gasteiger partial charge in [-0.3, -0.25) is 4.79 Å². The molecular weight excluding hydrogens is 354 g/mol. The van der Waals surface area contributed by atoms with E-state index in [4.69, 9.17) is 21.1 Å². The van der Waals surface area contributed by atoms with Crippen LogP contribution < -0.4 is 10.9 Å². The van der Waals surface area contributed by atoms with Crippen molar-refractivity contribution in [2.24, 2.45) is 0 Å². The van der Waals surface area contributed by atoms with Crippen LogP contribution in [-0.2, 0) is 9.47 Å². The van der Waals surface area contributed by atoms with Crippen LogP contribution in [0, 0.1) is 0 Å². The van der Waals surface area contributed by atoms with Crippen molar-refractivity contribution in [3.63, 3.8) is 0 Å². The molecule has 2 aromatic rings. The molecule has 0 spiro atoms. The first kappa shape index (κ1) is 16.5. The number of aromatic nitrogens is 2. The van der Waals surface area contributed by atoms with E-state index in [2.05, 4.69) is 27.7 Å². The van der Waals surface area contributed by atoms with Gasteiger partial charge in [-0.2, -0.15) is 5.10 Å². The molecule has 1 aliphatic heterocycles. The quantitative estimate of drug-likeness (QED) is 0.852. The van der Waals surface area contributed by atoms with Crippen LogP contribution in [0.5, 0.6) is 0 Å². The van der Waals surface area contributed by atoms with Gasteiger partial charge in [-0.05, 0) is 36.6 Å². The predicted molar refractivity (Wildman–Crippen MR) is 101 cm³/mol. The number of aromatic amines is 1. The van der Waals surface area contributed by atoms with Crippen LogP contribution in [-0.4, -0.2) is 16.2 Å². The first-order valence-corrected chi connectivity index (χ1v) is 8.57. The average molecular weight is 370 g/mol. The highest BCUT2D eigenvalue weighted by molar-refractivity contribution is 6.34. The van der Waals surface area contributed by atoms with Crippen molar-refractivity contribution in [1.82, 2.24) is 10.2 Å². The highest BCUT2D eigenvalue weighted by atomic mass is 35.5. The molecule has 0 amide bonds. The van der Waals surface area contributed by atoms with Crippen molar-refractivity contribution in [2.45, 2.75) is 18.9 Å². The summed E-state index contributed by atoms with van der Waals surface area (Å²) in [6, 6.07) is 5.17. The van der Waals surface area contributed by atoms with Crippen LogP contribution in [0.25, 0.3) is 10.8 Å². The molecule has 26 heavy (non-hydrogen) atoms. The molecule has 132 valence electrons. The Bertz CT molecular complexity index is 1020. The van der Waals surface area contributed by atoms with Gasteiger partial charge in [-0.1, -0.05) is 29.8 Å². The molecule has 1 unspecified atom stereocenters. The second-order valence-corrected chi connectivity index (χ2v) is 6.29. The van der Waals surface area contributed by atoms with E-state index < -0.39 is 0 Å². The van der Waals surface area contributed by atoms with Gasteiger partial charge in [-0.25, -0.2) is 5.10 Å². The highest BCUT2D eigenvalue weighted by Gasteiger charge is 2.23. The SMILES string of the molecule is O=c1[nH]nc(Cl)c2cc(NC(C3=CC=CCC3)C3=COC=CO3)ccc12. The third-order valence-electron chi connectivity index (χ3n) is 4.28. The Kier molecular flexibility index (Phi) is 4.50. The smallest absolute Gasteiger partial charge is 0.272 e. The van der Waals surface area contributed by atoms with Crippen molar-refractivity contribution in [1.29, 1.82) is 0 Å². The van der Waals surface area contributed by atoms with Crippen LogP contribution in [0.2, 0.25) is 5.15 Å². The fraction of sp³-hybridized carbons (Fsp3) is 0.158. The topological polar surface area (TPSA) is 76.2 Å². The van der Waals surface area contributed by atoms with Crippen LogP contribution in [0.15, 0.2) is 71.3 Å². The average Bonchev–Trinajstić information content (AvgIpc) is 2.70. The molecule has 1 atom stereocenters. The monoisotopic (exact) mass is 369 g/mol. The number of nitrogens with one attached hydrogen (secondary N) is 2. The number of benzene rings is 1. The lowest BCUT2D eigenvalue weighted by atomic mass is 9.96. The summed E-state index contributed by atoms with van der Waals surface area (Å²) in [5.74, 6) is 0.657. The van der Waals surface area contributed by atoms with Gasteiger partial charge in [0.25, 0.3) is 5.56 Å². The molecule has 0 fully saturated rings. The van der Waals surface area contributed by atoms with E-state index in [1.54, 1.807) is 12.3 Å². The predicted octanol–water partition coefficient (Wildman–Crippen LogP) is 3.99. The second-order valence-electron chi connectivity index (χ2n) is 5.94. The van der Waals surface area contributed by atoms with Gasteiger partial charge in [0.2, 0.25) is 0 Å². The van der Waals surface area contributed by atoms with Gasteiger partial charge in [0, 0.05) is 11.1 Å². The highest BCUT2D eigenvalue weighted by Crippen LogP contribution is 2.28. The Morgan fingerprint density at radius 3 is 2.96 bits per heavy atom. The van der Waals surface area contributed by atoms with Gasteiger partial charge in [0.15, 0.2) is 10.9 Å². The molecular formula is C19H16ClN3O3. The largest absolute Gasteiger partial charge is 0.466 e. The van der Waals surface area contributed by atoms with Crippen LogP contribution >= 0.6 is 11.6 Å². The van der Waals surface area contributed by atoms with E-state index >= 15 is 0 Å². The number of allylic oxidation sites excluding steroid dienone is 3. The lowest BCUT2D eigenvalue weighted by molar-refractivity contribution is 0.245. The van der Waals surface area contributed by atoms with Gasteiger partial charge >= 0.3 is 0 Å². The molecule has 7 heteroatoms. The van der Waals surface area contributed by atoms with E-state index in [9.17, 15) is 4.79 Å². The molecule has 2 heterocycles. The third kappa shape index (κ3) is 3.23. The number of H-pyrrole nitrogens is 1. The van der Waals surface area contributed by atoms with Gasteiger partial charge in [-0.15, -0.1) is 0 Å². The number of hydrogen-bond acceptors (Lipinski definition) is 5. The maximum absolute atomic E-state index is 11.9. The molecule has 4 rings (SSSR count). The summed E-state index contributed by atoms with van der Waals surface area (Å²) in [5, 5.41) is 11.0. The van der Waals surface area contributed by atoms with E-state index in [1.807, 2.05) is 18.2 Å². The molecule has 0 radical (unpaired) electrons. The molecule has 2 aliphatic rings. The summed E-state index contributed by atoms with van der Waals surface area (Å²) < 4.78 is 10.9. The minimum atomic E-state index is -0.274. The Hall–Kier alpha value is -2.99. The number of nitrogens with zero attached hydrogens (tertiary/aromatic N) is 1.